The number of rotatable bonds is 12. The SMILES string of the molecule is C=C(C)C(=O)OC(OCCCCC(F)(F)C(F)(F)S(=O)(=O)O)(C(=O)NCC(F)(F)F)C(F)(F)F. The van der Waals surface area contributed by atoms with E-state index in [1.807, 2.05) is 0 Å². The molecule has 0 aromatic rings. The Bertz CT molecular complexity index is 870. The van der Waals surface area contributed by atoms with Gasteiger partial charge in [0, 0.05) is 12.0 Å². The topological polar surface area (TPSA) is 119 Å². The third-order valence-electron chi connectivity index (χ3n) is 3.65. The van der Waals surface area contributed by atoms with Crippen LogP contribution in [-0.4, -0.2) is 67.3 Å². The molecule has 0 bridgehead atoms. The van der Waals surface area contributed by atoms with E-state index in [0.717, 1.165) is 12.2 Å². The fourth-order valence-electron chi connectivity index (χ4n) is 1.92. The molecule has 0 aromatic heterocycles. The van der Waals surface area contributed by atoms with Crippen LogP contribution in [0.3, 0.4) is 0 Å². The van der Waals surface area contributed by atoms with Gasteiger partial charge in [0.05, 0.1) is 6.61 Å². The summed E-state index contributed by atoms with van der Waals surface area (Å²) in [5.41, 5.74) is -0.757. The number of carbonyl (C=O) groups is 2. The van der Waals surface area contributed by atoms with Crippen molar-refractivity contribution >= 4 is 22.0 Å². The Labute approximate surface area is 185 Å². The monoisotopic (exact) mass is 545 g/mol. The minimum absolute atomic E-state index is 0.757. The van der Waals surface area contributed by atoms with Gasteiger partial charge in [-0.1, -0.05) is 6.58 Å². The molecule has 0 aliphatic carbocycles. The zero-order valence-corrected chi connectivity index (χ0v) is 17.6. The van der Waals surface area contributed by atoms with Crippen LogP contribution >= 0.6 is 0 Å². The second-order valence-electron chi connectivity index (χ2n) is 6.58. The van der Waals surface area contributed by atoms with Crippen LogP contribution in [0.15, 0.2) is 12.2 Å². The molecule has 0 spiro atoms. The summed E-state index contributed by atoms with van der Waals surface area (Å²) in [7, 11) is -6.57. The molecule has 19 heteroatoms. The second-order valence-corrected chi connectivity index (χ2v) is 8.05. The summed E-state index contributed by atoms with van der Waals surface area (Å²) in [6, 6.07) is 0. The van der Waals surface area contributed by atoms with Gasteiger partial charge in [-0.2, -0.15) is 52.3 Å². The Morgan fingerprint density at radius 1 is 0.971 bits per heavy atom. The molecule has 0 heterocycles. The number of alkyl halides is 10. The van der Waals surface area contributed by atoms with Gasteiger partial charge in [0.1, 0.15) is 6.54 Å². The molecule has 0 aliphatic rings. The number of esters is 1. The molecule has 2 N–H and O–H groups in total. The minimum atomic E-state index is -6.57. The van der Waals surface area contributed by atoms with Crippen LogP contribution in [0.2, 0.25) is 0 Å². The number of unbranched alkanes of at least 4 members (excludes halogenated alkanes) is 1. The van der Waals surface area contributed by atoms with Gasteiger partial charge in [-0.3, -0.25) is 9.35 Å². The van der Waals surface area contributed by atoms with Gasteiger partial charge in [0.15, 0.2) is 0 Å². The lowest BCUT2D eigenvalue weighted by Gasteiger charge is -2.33. The van der Waals surface area contributed by atoms with Gasteiger partial charge in [0.2, 0.25) is 0 Å². The lowest BCUT2D eigenvalue weighted by Crippen LogP contribution is -2.62. The highest BCUT2D eigenvalue weighted by atomic mass is 32.2. The summed E-state index contributed by atoms with van der Waals surface area (Å²) in [6.45, 7) is -0.0885. The molecule has 1 amide bonds. The van der Waals surface area contributed by atoms with Crippen molar-refractivity contribution in [1.29, 1.82) is 0 Å². The van der Waals surface area contributed by atoms with Crippen molar-refractivity contribution in [3.63, 3.8) is 0 Å². The Hall–Kier alpha value is -2.15. The number of hydrogen-bond donors (Lipinski definition) is 2. The second kappa shape index (κ2) is 10.6. The molecule has 200 valence electrons. The molecular formula is C15H17F10NO7S. The molecular weight excluding hydrogens is 528 g/mol. The van der Waals surface area contributed by atoms with E-state index in [0.29, 0.717) is 0 Å². The van der Waals surface area contributed by atoms with E-state index >= 15 is 0 Å². The Kier molecular flexibility index (Phi) is 9.96. The normalized spacial score (nSPS) is 15.4. The molecule has 0 saturated heterocycles. The van der Waals surface area contributed by atoms with Gasteiger partial charge in [-0.25, -0.2) is 4.79 Å². The number of carbonyl (C=O) groups excluding carboxylic acids is 2. The molecule has 0 rings (SSSR count). The maximum Gasteiger partial charge on any atom is 0.466 e. The predicted molar refractivity (Wildman–Crippen MR) is 90.0 cm³/mol. The van der Waals surface area contributed by atoms with E-state index in [2.05, 4.69) is 16.1 Å². The van der Waals surface area contributed by atoms with Crippen LogP contribution in [0.5, 0.6) is 0 Å². The summed E-state index contributed by atoms with van der Waals surface area (Å²) in [5, 5.41) is -5.17. The first-order valence-electron chi connectivity index (χ1n) is 8.58. The molecule has 8 nitrogen and oxygen atoms in total. The van der Waals surface area contributed by atoms with Crippen LogP contribution in [0.1, 0.15) is 26.2 Å². The number of nitrogens with one attached hydrogen (secondary N) is 1. The van der Waals surface area contributed by atoms with Crippen molar-refractivity contribution in [2.45, 2.75) is 55.5 Å². The van der Waals surface area contributed by atoms with Crippen molar-refractivity contribution in [1.82, 2.24) is 5.32 Å². The van der Waals surface area contributed by atoms with Gasteiger partial charge < -0.3 is 14.8 Å². The summed E-state index contributed by atoms with van der Waals surface area (Å²) in [4.78, 5) is 23.5. The largest absolute Gasteiger partial charge is 0.466 e. The maximum absolute atomic E-state index is 13.6. The molecule has 0 aromatic carbocycles. The molecule has 1 unspecified atom stereocenters. The van der Waals surface area contributed by atoms with Crippen LogP contribution in [0.25, 0.3) is 0 Å². The fraction of sp³-hybridized carbons (Fsp3) is 0.733. The standard InChI is InChI=1S/C15H17F10NO7S/c1-8(2)9(27)33-13(14(21,22)23,10(28)26-7-12(18,19)20)32-6-4-3-5-11(16,17)15(24,25)34(29,30)31/h1,3-7H2,2H3,(H,26,28)(H,29,30,31). The van der Waals surface area contributed by atoms with Crippen LogP contribution < -0.4 is 5.32 Å². The van der Waals surface area contributed by atoms with Gasteiger partial charge >= 0.3 is 51.3 Å². The molecule has 1 atom stereocenters. The summed E-state index contributed by atoms with van der Waals surface area (Å²) >= 11 is 0. The van der Waals surface area contributed by atoms with E-state index in [1.54, 1.807) is 0 Å². The van der Waals surface area contributed by atoms with Crippen LogP contribution in [0, 0.1) is 0 Å². The third-order valence-corrected chi connectivity index (χ3v) is 4.59. The molecule has 34 heavy (non-hydrogen) atoms. The maximum atomic E-state index is 13.6. The minimum Gasteiger partial charge on any atom is -0.412 e. The Morgan fingerprint density at radius 2 is 1.47 bits per heavy atom. The van der Waals surface area contributed by atoms with E-state index < -0.39 is 89.3 Å². The van der Waals surface area contributed by atoms with Gasteiger partial charge in [-0.05, 0) is 19.8 Å². The number of amides is 1. The first-order chi connectivity index (χ1) is 14.9. The lowest BCUT2D eigenvalue weighted by atomic mass is 10.1. The number of ether oxygens (including phenoxy) is 2. The first-order valence-corrected chi connectivity index (χ1v) is 10.0. The number of hydrogen-bond acceptors (Lipinski definition) is 6. The van der Waals surface area contributed by atoms with Crippen molar-refractivity contribution in [2.24, 2.45) is 0 Å². The van der Waals surface area contributed by atoms with E-state index in [4.69, 9.17) is 4.55 Å². The number of halogens is 10. The van der Waals surface area contributed by atoms with E-state index in [9.17, 15) is 61.9 Å². The van der Waals surface area contributed by atoms with Gasteiger partial charge in [0.25, 0.3) is 0 Å². The predicted octanol–water partition coefficient (Wildman–Crippen LogP) is 3.35. The smallest absolute Gasteiger partial charge is 0.412 e. The highest BCUT2D eigenvalue weighted by Crippen LogP contribution is 2.42. The highest BCUT2D eigenvalue weighted by Gasteiger charge is 2.67. The molecule has 0 radical (unpaired) electrons. The lowest BCUT2D eigenvalue weighted by molar-refractivity contribution is -0.347. The highest BCUT2D eigenvalue weighted by molar-refractivity contribution is 7.87. The average Bonchev–Trinajstić information content (AvgIpc) is 2.61. The average molecular weight is 545 g/mol. The first kappa shape index (κ1) is 31.9. The van der Waals surface area contributed by atoms with Crippen LogP contribution in [-0.2, 0) is 29.2 Å². The van der Waals surface area contributed by atoms with Crippen LogP contribution in [0.4, 0.5) is 43.9 Å². The zero-order valence-electron chi connectivity index (χ0n) is 16.8. The summed E-state index contributed by atoms with van der Waals surface area (Å²) in [6.07, 6.45) is -15.5. The van der Waals surface area contributed by atoms with Crippen molar-refractivity contribution < 1.29 is 75.9 Å². The fourth-order valence-corrected chi connectivity index (χ4v) is 2.40. The summed E-state index contributed by atoms with van der Waals surface area (Å²) < 4.78 is 168. The van der Waals surface area contributed by atoms with Gasteiger partial charge in [-0.15, -0.1) is 0 Å². The molecule has 0 saturated carbocycles. The third kappa shape index (κ3) is 7.97. The molecule has 0 fully saturated rings. The van der Waals surface area contributed by atoms with E-state index in [-0.39, 0.29) is 0 Å². The summed E-state index contributed by atoms with van der Waals surface area (Å²) in [5.74, 6) is -14.7. The Morgan fingerprint density at radius 3 is 1.85 bits per heavy atom. The quantitative estimate of drug-likeness (QED) is 0.0965. The Balaban J connectivity index is 5.64. The van der Waals surface area contributed by atoms with Crippen molar-refractivity contribution in [2.75, 3.05) is 13.2 Å². The van der Waals surface area contributed by atoms with E-state index in [1.165, 1.54) is 0 Å². The zero-order chi connectivity index (χ0) is 27.4. The van der Waals surface area contributed by atoms with Crippen molar-refractivity contribution in [3.8, 4) is 0 Å². The molecule has 0 aliphatic heterocycles. The van der Waals surface area contributed by atoms with Crippen molar-refractivity contribution in [3.05, 3.63) is 12.2 Å².